The predicted molar refractivity (Wildman–Crippen MR) is 138 cm³/mol. The molecule has 2 N–H and O–H groups in total. The van der Waals surface area contributed by atoms with Crippen molar-refractivity contribution >= 4 is 11.9 Å². The Balaban J connectivity index is 1.46. The van der Waals surface area contributed by atoms with Crippen molar-refractivity contribution in [1.29, 1.82) is 0 Å². The largest absolute Gasteiger partial charge is 0.478 e. The number of carboxylic acid groups (broad SMARTS) is 1. The van der Waals surface area contributed by atoms with Crippen molar-refractivity contribution in [2.75, 3.05) is 39.3 Å². The van der Waals surface area contributed by atoms with E-state index in [2.05, 4.69) is 46.3 Å². The summed E-state index contributed by atoms with van der Waals surface area (Å²) in [5, 5.41) is 12.9. The van der Waals surface area contributed by atoms with Crippen LogP contribution in [0.3, 0.4) is 0 Å². The smallest absolute Gasteiger partial charge is 0.336 e. The topological polar surface area (TPSA) is 82.1 Å². The summed E-state index contributed by atoms with van der Waals surface area (Å²) in [4.78, 5) is 29.9. The number of allylic oxidation sites excluding steroid dienone is 2. The highest BCUT2D eigenvalue weighted by molar-refractivity contribution is 5.97. The lowest BCUT2D eigenvalue weighted by atomic mass is 9.82. The summed E-state index contributed by atoms with van der Waals surface area (Å²) in [7, 11) is 0. The molecule has 1 atom stereocenters. The van der Waals surface area contributed by atoms with Crippen LogP contribution in [0.2, 0.25) is 0 Å². The van der Waals surface area contributed by atoms with Crippen LogP contribution in [0.1, 0.15) is 58.4 Å². The van der Waals surface area contributed by atoms with E-state index in [1.807, 2.05) is 13.0 Å². The van der Waals surface area contributed by atoms with Crippen molar-refractivity contribution in [3.63, 3.8) is 0 Å². The summed E-state index contributed by atoms with van der Waals surface area (Å²) >= 11 is 0. The third kappa shape index (κ3) is 7.67. The Morgan fingerprint density at radius 3 is 2.29 bits per heavy atom. The molecule has 1 unspecified atom stereocenters. The van der Waals surface area contributed by atoms with Crippen molar-refractivity contribution < 1.29 is 19.4 Å². The lowest BCUT2D eigenvalue weighted by molar-refractivity contribution is -0.140. The fourth-order valence-corrected chi connectivity index (χ4v) is 5.12. The summed E-state index contributed by atoms with van der Waals surface area (Å²) < 4.78 is 5.65. The summed E-state index contributed by atoms with van der Waals surface area (Å²) in [5.74, 6) is -1.79. The van der Waals surface area contributed by atoms with Crippen LogP contribution in [0.4, 0.5) is 0 Å². The molecule has 2 aliphatic heterocycles. The van der Waals surface area contributed by atoms with Crippen molar-refractivity contribution in [3.05, 3.63) is 58.4 Å². The van der Waals surface area contributed by atoms with Gasteiger partial charge in [-0.25, -0.2) is 9.59 Å². The van der Waals surface area contributed by atoms with Crippen molar-refractivity contribution in [1.82, 2.24) is 15.1 Å². The molecule has 1 aromatic rings. The van der Waals surface area contributed by atoms with Crippen LogP contribution >= 0.6 is 0 Å². The quantitative estimate of drug-likeness (QED) is 0.341. The molecule has 0 saturated carbocycles. The van der Waals surface area contributed by atoms with Crippen molar-refractivity contribution in [3.8, 4) is 0 Å². The van der Waals surface area contributed by atoms with Crippen molar-refractivity contribution in [2.45, 2.75) is 59.4 Å². The zero-order valence-electron chi connectivity index (χ0n) is 21.5. The highest BCUT2D eigenvalue weighted by Gasteiger charge is 2.35. The zero-order valence-corrected chi connectivity index (χ0v) is 21.5. The van der Waals surface area contributed by atoms with Crippen LogP contribution in [-0.4, -0.2) is 66.2 Å². The van der Waals surface area contributed by atoms with Gasteiger partial charge in [0.2, 0.25) is 0 Å². The van der Waals surface area contributed by atoms with Gasteiger partial charge in [-0.05, 0) is 32.3 Å². The third-order valence-electron chi connectivity index (χ3n) is 6.99. The van der Waals surface area contributed by atoms with E-state index in [9.17, 15) is 14.7 Å². The van der Waals surface area contributed by atoms with E-state index >= 15 is 0 Å². The molecule has 0 bridgehead atoms. The third-order valence-corrected chi connectivity index (χ3v) is 6.99. The van der Waals surface area contributed by atoms with Gasteiger partial charge in [-0.1, -0.05) is 56.5 Å². The Labute approximate surface area is 209 Å². The number of aliphatic carboxylic acids is 1. The standard InChI is InChI=1S/C28H41N3O4/c1-4-5-7-13-24-25(27(32)33)21(2)29-22(3)26(24)28(34)35-19-10-14-30-15-17-31(18-16-30)20-23-11-8-6-9-12-23/h6,8-9,11-12,24,29H,4-5,7,10,13-20H2,1-3H3,(H,32,33). The van der Waals surface area contributed by atoms with E-state index in [1.165, 1.54) is 5.56 Å². The monoisotopic (exact) mass is 483 g/mol. The molecule has 1 saturated heterocycles. The minimum absolute atomic E-state index is 0.284. The van der Waals surface area contributed by atoms with Gasteiger partial charge in [0.05, 0.1) is 17.8 Å². The molecular weight excluding hydrogens is 442 g/mol. The number of ether oxygens (including phenoxy) is 1. The fraction of sp³-hybridized carbons (Fsp3) is 0.571. The fourth-order valence-electron chi connectivity index (χ4n) is 5.12. The first kappa shape index (κ1) is 27.0. The molecule has 0 aliphatic carbocycles. The number of nitrogens with zero attached hydrogens (tertiary/aromatic N) is 2. The maximum Gasteiger partial charge on any atom is 0.336 e. The number of benzene rings is 1. The van der Waals surface area contributed by atoms with Gasteiger partial charge in [0.15, 0.2) is 0 Å². The first-order chi connectivity index (χ1) is 16.9. The number of rotatable bonds is 12. The molecule has 2 heterocycles. The van der Waals surface area contributed by atoms with Gasteiger partial charge in [0, 0.05) is 56.6 Å². The predicted octanol–water partition coefficient (Wildman–Crippen LogP) is 4.17. The van der Waals surface area contributed by atoms with E-state index in [4.69, 9.17) is 4.74 Å². The van der Waals surface area contributed by atoms with Gasteiger partial charge in [-0.2, -0.15) is 0 Å². The Morgan fingerprint density at radius 1 is 0.971 bits per heavy atom. The Morgan fingerprint density at radius 2 is 1.63 bits per heavy atom. The van der Waals surface area contributed by atoms with E-state index in [0.717, 1.165) is 65.0 Å². The highest BCUT2D eigenvalue weighted by Crippen LogP contribution is 2.34. The summed E-state index contributed by atoms with van der Waals surface area (Å²) in [6, 6.07) is 10.6. The minimum atomic E-state index is -0.972. The number of hydrogen-bond donors (Lipinski definition) is 2. The first-order valence-electron chi connectivity index (χ1n) is 13.0. The van der Waals surface area contributed by atoms with Gasteiger partial charge >= 0.3 is 11.9 Å². The van der Waals surface area contributed by atoms with Gasteiger partial charge in [0.1, 0.15) is 0 Å². The number of piperazine rings is 1. The molecule has 2 aliphatic rings. The maximum absolute atomic E-state index is 13.0. The van der Waals surface area contributed by atoms with Crippen LogP contribution in [0.5, 0.6) is 0 Å². The maximum atomic E-state index is 13.0. The normalized spacial score (nSPS) is 19.6. The van der Waals surface area contributed by atoms with Gasteiger partial charge in [-0.3, -0.25) is 4.90 Å². The number of dihydropyridines is 1. The lowest BCUT2D eigenvalue weighted by Crippen LogP contribution is -2.46. The molecule has 3 rings (SSSR count). The van der Waals surface area contributed by atoms with Crippen LogP contribution < -0.4 is 5.32 Å². The Bertz CT molecular complexity index is 917. The van der Waals surface area contributed by atoms with E-state index in [-0.39, 0.29) is 5.57 Å². The van der Waals surface area contributed by atoms with Crippen molar-refractivity contribution in [2.24, 2.45) is 5.92 Å². The van der Waals surface area contributed by atoms with E-state index < -0.39 is 17.9 Å². The second-order valence-corrected chi connectivity index (χ2v) is 9.65. The lowest BCUT2D eigenvalue weighted by Gasteiger charge is -2.34. The van der Waals surface area contributed by atoms with Crippen LogP contribution in [-0.2, 0) is 20.9 Å². The minimum Gasteiger partial charge on any atom is -0.478 e. The molecule has 7 nitrogen and oxygen atoms in total. The highest BCUT2D eigenvalue weighted by atomic mass is 16.5. The molecule has 35 heavy (non-hydrogen) atoms. The van der Waals surface area contributed by atoms with Gasteiger partial charge in [-0.15, -0.1) is 0 Å². The molecule has 192 valence electrons. The Kier molecular flexibility index (Phi) is 10.4. The Hall–Kier alpha value is -2.64. The number of carboxylic acids is 1. The molecule has 0 radical (unpaired) electrons. The molecule has 0 spiro atoms. The average Bonchev–Trinajstić information content (AvgIpc) is 2.83. The number of nitrogens with one attached hydrogen (secondary N) is 1. The van der Waals surface area contributed by atoms with Crippen LogP contribution in [0.15, 0.2) is 52.9 Å². The second-order valence-electron chi connectivity index (χ2n) is 9.65. The number of unbranched alkanes of at least 4 members (excludes halogenated alkanes) is 2. The van der Waals surface area contributed by atoms with E-state index in [0.29, 0.717) is 30.0 Å². The number of carbonyl (C=O) groups excluding carboxylic acids is 1. The number of esters is 1. The number of hydrogen-bond acceptors (Lipinski definition) is 6. The van der Waals surface area contributed by atoms with Crippen LogP contribution in [0, 0.1) is 5.92 Å². The first-order valence-corrected chi connectivity index (χ1v) is 13.0. The molecule has 0 aromatic heterocycles. The van der Waals surface area contributed by atoms with E-state index in [1.54, 1.807) is 6.92 Å². The second kappa shape index (κ2) is 13.4. The molecule has 1 fully saturated rings. The molecule has 1 aromatic carbocycles. The number of carbonyl (C=O) groups is 2. The summed E-state index contributed by atoms with van der Waals surface area (Å²) in [5.41, 5.74) is 3.41. The summed E-state index contributed by atoms with van der Waals surface area (Å²) in [6.45, 7) is 12.0. The summed E-state index contributed by atoms with van der Waals surface area (Å²) in [6.07, 6.45) is 4.34. The average molecular weight is 484 g/mol. The van der Waals surface area contributed by atoms with Crippen LogP contribution in [0.25, 0.3) is 0 Å². The van der Waals surface area contributed by atoms with Gasteiger partial charge < -0.3 is 20.1 Å². The molecule has 7 heteroatoms. The zero-order chi connectivity index (χ0) is 25.2. The SMILES string of the molecule is CCCCCC1C(C(=O)O)=C(C)NC(C)=C1C(=O)OCCCN1CCN(Cc2ccccc2)CC1. The molecule has 0 amide bonds. The molecular formula is C28H41N3O4. The van der Waals surface area contributed by atoms with Gasteiger partial charge in [0.25, 0.3) is 0 Å².